The van der Waals surface area contributed by atoms with Gasteiger partial charge in [-0.25, -0.2) is 4.39 Å². The van der Waals surface area contributed by atoms with Crippen molar-refractivity contribution >= 4 is 23.2 Å². The van der Waals surface area contributed by atoms with Gasteiger partial charge in [0.05, 0.1) is 24.3 Å². The van der Waals surface area contributed by atoms with Crippen LogP contribution in [-0.4, -0.2) is 43.2 Å². The zero-order valence-electron chi connectivity index (χ0n) is 19.1. The predicted molar refractivity (Wildman–Crippen MR) is 124 cm³/mol. The molecule has 1 saturated heterocycles. The highest BCUT2D eigenvalue weighted by Crippen LogP contribution is 2.26. The van der Waals surface area contributed by atoms with Crippen molar-refractivity contribution in [2.45, 2.75) is 52.4 Å². The smallest absolute Gasteiger partial charge is 0.247 e. The van der Waals surface area contributed by atoms with Gasteiger partial charge in [-0.3, -0.25) is 9.59 Å². The first-order valence-electron chi connectivity index (χ1n) is 11.1. The normalized spacial score (nSPS) is 19.5. The maximum absolute atomic E-state index is 14.8. The minimum atomic E-state index is -0.727. The molecule has 3 unspecified atom stereocenters. The van der Waals surface area contributed by atoms with E-state index in [1.54, 1.807) is 12.1 Å². The SMILES string of the molecule is CC1CN(c2ccc(NC(=O)C(NC(=O)Cc3ccccc3)C(C)C)cc2F)CC(C)O1. The molecular formula is C25H32FN3O3. The number of carbonyl (C=O) groups excluding carboxylic acids is 2. The minimum Gasteiger partial charge on any atom is -0.372 e. The number of nitrogens with zero attached hydrogens (tertiary/aromatic N) is 1. The second-order valence-electron chi connectivity index (χ2n) is 8.77. The Labute approximate surface area is 189 Å². The Morgan fingerprint density at radius 3 is 2.34 bits per heavy atom. The molecule has 3 rings (SSSR count). The summed E-state index contributed by atoms with van der Waals surface area (Å²) in [5.74, 6) is -1.14. The van der Waals surface area contributed by atoms with Crippen molar-refractivity contribution in [3.05, 3.63) is 59.9 Å². The summed E-state index contributed by atoms with van der Waals surface area (Å²) in [5, 5.41) is 5.55. The number of anilines is 2. The number of hydrogen-bond acceptors (Lipinski definition) is 4. The monoisotopic (exact) mass is 441 g/mol. The number of rotatable bonds is 7. The van der Waals surface area contributed by atoms with E-state index in [-0.39, 0.29) is 36.4 Å². The van der Waals surface area contributed by atoms with E-state index in [0.717, 1.165) is 5.56 Å². The van der Waals surface area contributed by atoms with Gasteiger partial charge in [0, 0.05) is 18.8 Å². The van der Waals surface area contributed by atoms with Gasteiger partial charge in [0.2, 0.25) is 11.8 Å². The first-order chi connectivity index (χ1) is 15.2. The number of benzene rings is 2. The lowest BCUT2D eigenvalue weighted by atomic mass is 10.0. The molecule has 2 amide bonds. The summed E-state index contributed by atoms with van der Waals surface area (Å²) >= 11 is 0. The Morgan fingerprint density at radius 2 is 1.75 bits per heavy atom. The second kappa shape index (κ2) is 10.6. The van der Waals surface area contributed by atoms with Crippen molar-refractivity contribution in [3.63, 3.8) is 0 Å². The van der Waals surface area contributed by atoms with Crippen LogP contribution in [0.4, 0.5) is 15.8 Å². The van der Waals surface area contributed by atoms with Gasteiger partial charge in [0.15, 0.2) is 0 Å². The van der Waals surface area contributed by atoms with Crippen LogP contribution in [-0.2, 0) is 20.7 Å². The van der Waals surface area contributed by atoms with Crippen LogP contribution < -0.4 is 15.5 Å². The van der Waals surface area contributed by atoms with E-state index in [1.807, 2.05) is 62.9 Å². The van der Waals surface area contributed by atoms with Gasteiger partial charge in [-0.15, -0.1) is 0 Å². The standard InChI is InChI=1S/C25H32FN3O3/c1-16(2)24(28-23(30)12-19-8-6-5-7-9-19)25(31)27-20-10-11-22(21(26)13-20)29-14-17(3)32-18(4)15-29/h5-11,13,16-18,24H,12,14-15H2,1-4H3,(H,27,31)(H,28,30). The summed E-state index contributed by atoms with van der Waals surface area (Å²) in [6.45, 7) is 8.86. The lowest BCUT2D eigenvalue weighted by Gasteiger charge is -2.37. The fraction of sp³-hybridized carbons (Fsp3) is 0.440. The molecule has 0 aromatic heterocycles. The van der Waals surface area contributed by atoms with E-state index in [0.29, 0.717) is 24.5 Å². The van der Waals surface area contributed by atoms with Gasteiger partial charge >= 0.3 is 0 Å². The molecule has 6 nitrogen and oxygen atoms in total. The highest BCUT2D eigenvalue weighted by atomic mass is 19.1. The molecule has 2 aromatic rings. The van der Waals surface area contributed by atoms with Crippen molar-refractivity contribution in [1.82, 2.24) is 5.32 Å². The zero-order chi connectivity index (χ0) is 23.3. The van der Waals surface area contributed by atoms with Crippen molar-refractivity contribution in [1.29, 1.82) is 0 Å². The van der Waals surface area contributed by atoms with Crippen LogP contribution >= 0.6 is 0 Å². The molecule has 0 spiro atoms. The Balaban J connectivity index is 1.64. The summed E-state index contributed by atoms with van der Waals surface area (Å²) in [6, 6.07) is 13.3. The molecule has 0 saturated carbocycles. The quantitative estimate of drug-likeness (QED) is 0.686. The number of morpholine rings is 1. The third-order valence-corrected chi connectivity index (χ3v) is 5.45. The topological polar surface area (TPSA) is 70.7 Å². The molecule has 1 aliphatic heterocycles. The lowest BCUT2D eigenvalue weighted by molar-refractivity contribution is -0.127. The van der Waals surface area contributed by atoms with E-state index in [2.05, 4.69) is 10.6 Å². The Morgan fingerprint density at radius 1 is 1.09 bits per heavy atom. The van der Waals surface area contributed by atoms with Crippen LogP contribution in [0.2, 0.25) is 0 Å². The molecule has 0 bridgehead atoms. The first-order valence-corrected chi connectivity index (χ1v) is 11.1. The largest absolute Gasteiger partial charge is 0.372 e. The van der Waals surface area contributed by atoms with Crippen LogP contribution in [0.1, 0.15) is 33.3 Å². The number of carbonyl (C=O) groups is 2. The van der Waals surface area contributed by atoms with E-state index < -0.39 is 11.9 Å². The molecule has 1 heterocycles. The summed E-state index contributed by atoms with van der Waals surface area (Å²) in [4.78, 5) is 27.3. The van der Waals surface area contributed by atoms with Crippen LogP contribution in [0.5, 0.6) is 0 Å². The molecule has 7 heteroatoms. The van der Waals surface area contributed by atoms with Crippen LogP contribution in [0.15, 0.2) is 48.5 Å². The molecule has 2 N–H and O–H groups in total. The van der Waals surface area contributed by atoms with E-state index in [1.165, 1.54) is 6.07 Å². The van der Waals surface area contributed by atoms with Gasteiger partial charge < -0.3 is 20.3 Å². The molecule has 1 fully saturated rings. The van der Waals surface area contributed by atoms with Crippen LogP contribution in [0, 0.1) is 11.7 Å². The van der Waals surface area contributed by atoms with E-state index in [9.17, 15) is 14.0 Å². The van der Waals surface area contributed by atoms with Crippen LogP contribution in [0.25, 0.3) is 0 Å². The fourth-order valence-electron chi connectivity index (χ4n) is 3.98. The van der Waals surface area contributed by atoms with E-state index in [4.69, 9.17) is 4.74 Å². The number of ether oxygens (including phenoxy) is 1. The lowest BCUT2D eigenvalue weighted by Crippen LogP contribution is -2.47. The van der Waals surface area contributed by atoms with Crippen molar-refractivity contribution in [3.8, 4) is 0 Å². The predicted octanol–water partition coefficient (Wildman–Crippen LogP) is 3.76. The van der Waals surface area contributed by atoms with Gasteiger partial charge in [-0.2, -0.15) is 0 Å². The summed E-state index contributed by atoms with van der Waals surface area (Å²) in [6.07, 6.45) is 0.226. The fourth-order valence-corrected chi connectivity index (χ4v) is 3.98. The molecule has 172 valence electrons. The first kappa shape index (κ1) is 23.7. The van der Waals surface area contributed by atoms with Gasteiger partial charge in [-0.1, -0.05) is 44.2 Å². The highest BCUT2D eigenvalue weighted by molar-refractivity contribution is 5.97. The van der Waals surface area contributed by atoms with Gasteiger partial charge in [0.25, 0.3) is 0 Å². The molecular weight excluding hydrogens is 409 g/mol. The summed E-state index contributed by atoms with van der Waals surface area (Å²) in [7, 11) is 0. The molecule has 0 radical (unpaired) electrons. The zero-order valence-corrected chi connectivity index (χ0v) is 19.1. The maximum Gasteiger partial charge on any atom is 0.247 e. The Bertz CT molecular complexity index is 925. The average molecular weight is 442 g/mol. The molecule has 3 atom stereocenters. The van der Waals surface area contributed by atoms with Crippen molar-refractivity contribution in [2.24, 2.45) is 5.92 Å². The van der Waals surface area contributed by atoms with Gasteiger partial charge in [-0.05, 0) is 43.5 Å². The third kappa shape index (κ3) is 6.29. The Hall–Kier alpha value is -2.93. The number of amides is 2. The number of nitrogens with one attached hydrogen (secondary N) is 2. The van der Waals surface area contributed by atoms with E-state index >= 15 is 0 Å². The summed E-state index contributed by atoms with van der Waals surface area (Å²) in [5.41, 5.74) is 1.72. The van der Waals surface area contributed by atoms with Crippen molar-refractivity contribution < 1.29 is 18.7 Å². The molecule has 0 aliphatic carbocycles. The average Bonchev–Trinajstić information content (AvgIpc) is 2.71. The molecule has 32 heavy (non-hydrogen) atoms. The molecule has 1 aliphatic rings. The van der Waals surface area contributed by atoms with Crippen molar-refractivity contribution in [2.75, 3.05) is 23.3 Å². The number of hydrogen-bond donors (Lipinski definition) is 2. The van der Waals surface area contributed by atoms with Gasteiger partial charge in [0.1, 0.15) is 11.9 Å². The third-order valence-electron chi connectivity index (χ3n) is 5.45. The van der Waals surface area contributed by atoms with Crippen LogP contribution in [0.3, 0.4) is 0 Å². The number of halogens is 1. The molecule has 2 aromatic carbocycles. The highest BCUT2D eigenvalue weighted by Gasteiger charge is 2.26. The Kier molecular flexibility index (Phi) is 7.85. The maximum atomic E-state index is 14.8. The summed E-state index contributed by atoms with van der Waals surface area (Å²) < 4.78 is 20.6. The minimum absolute atomic E-state index is 0.0174. The second-order valence-corrected chi connectivity index (χ2v) is 8.77.